The summed E-state index contributed by atoms with van der Waals surface area (Å²) in [5, 5.41) is 3.19. The number of halogens is 3. The van der Waals surface area contributed by atoms with Crippen LogP contribution in [0.25, 0.3) is 0 Å². The van der Waals surface area contributed by atoms with E-state index in [-0.39, 0.29) is 16.4 Å². The first kappa shape index (κ1) is 13.1. The van der Waals surface area contributed by atoms with Gasteiger partial charge in [0, 0.05) is 0 Å². The number of nitrogens with one attached hydrogen (secondary N) is 1. The molecule has 1 aromatic carbocycles. The number of benzene rings is 1. The Morgan fingerprint density at radius 1 is 1.37 bits per heavy atom. The van der Waals surface area contributed by atoms with Crippen molar-refractivity contribution in [3.63, 3.8) is 0 Å². The largest absolute Gasteiger partial charge is 0.481 e. The molecule has 1 aromatic rings. The SMILES string of the molecule is Fc1ccc(Cl)c(F)c1OC1(CC2CCNC2)CC1. The maximum absolute atomic E-state index is 13.8. The molecule has 0 spiro atoms. The third kappa shape index (κ3) is 2.70. The van der Waals surface area contributed by atoms with Crippen LogP contribution in [-0.2, 0) is 0 Å². The van der Waals surface area contributed by atoms with E-state index < -0.39 is 11.6 Å². The lowest BCUT2D eigenvalue weighted by Gasteiger charge is -2.22. The van der Waals surface area contributed by atoms with Crippen molar-refractivity contribution in [3.05, 3.63) is 28.8 Å². The van der Waals surface area contributed by atoms with Gasteiger partial charge in [0.2, 0.25) is 0 Å². The van der Waals surface area contributed by atoms with Gasteiger partial charge in [-0.3, -0.25) is 0 Å². The monoisotopic (exact) mass is 287 g/mol. The third-order valence-electron chi connectivity index (χ3n) is 3.95. The Morgan fingerprint density at radius 3 is 2.79 bits per heavy atom. The first-order valence-corrected chi connectivity index (χ1v) is 7.01. The molecular weight excluding hydrogens is 272 g/mol. The van der Waals surface area contributed by atoms with Crippen LogP contribution in [0.5, 0.6) is 5.75 Å². The highest BCUT2D eigenvalue weighted by Gasteiger charge is 2.48. The zero-order chi connectivity index (χ0) is 13.5. The summed E-state index contributed by atoms with van der Waals surface area (Å²) in [6.45, 7) is 1.98. The zero-order valence-corrected chi connectivity index (χ0v) is 11.3. The Bertz CT molecular complexity index is 485. The highest BCUT2D eigenvalue weighted by molar-refractivity contribution is 6.30. The summed E-state index contributed by atoms with van der Waals surface area (Å²) in [6.07, 6.45) is 3.67. The average Bonchev–Trinajstić information content (AvgIpc) is 2.94. The minimum Gasteiger partial charge on any atom is -0.481 e. The van der Waals surface area contributed by atoms with Crippen LogP contribution in [0.3, 0.4) is 0 Å². The van der Waals surface area contributed by atoms with Gasteiger partial charge >= 0.3 is 0 Å². The van der Waals surface area contributed by atoms with E-state index in [0.29, 0.717) is 5.92 Å². The fourth-order valence-electron chi connectivity index (χ4n) is 2.72. The predicted octanol–water partition coefficient (Wildman–Crippen LogP) is 3.53. The van der Waals surface area contributed by atoms with Gasteiger partial charge in [-0.2, -0.15) is 0 Å². The van der Waals surface area contributed by atoms with Gasteiger partial charge < -0.3 is 10.1 Å². The molecule has 2 nitrogen and oxygen atoms in total. The van der Waals surface area contributed by atoms with E-state index in [1.54, 1.807) is 0 Å². The highest BCUT2D eigenvalue weighted by Crippen LogP contribution is 2.47. The van der Waals surface area contributed by atoms with Gasteiger partial charge in [-0.05, 0) is 56.8 Å². The van der Waals surface area contributed by atoms with Gasteiger partial charge in [-0.15, -0.1) is 0 Å². The molecule has 1 N–H and O–H groups in total. The molecule has 0 aromatic heterocycles. The van der Waals surface area contributed by atoms with Crippen LogP contribution in [0.2, 0.25) is 5.02 Å². The van der Waals surface area contributed by atoms with Gasteiger partial charge in [0.1, 0.15) is 5.60 Å². The van der Waals surface area contributed by atoms with E-state index in [2.05, 4.69) is 5.32 Å². The summed E-state index contributed by atoms with van der Waals surface area (Å²) in [7, 11) is 0. The van der Waals surface area contributed by atoms with Crippen LogP contribution in [0, 0.1) is 17.6 Å². The molecule has 1 saturated heterocycles. The van der Waals surface area contributed by atoms with Crippen LogP contribution >= 0.6 is 11.6 Å². The fourth-order valence-corrected chi connectivity index (χ4v) is 2.87. The summed E-state index contributed by atoms with van der Waals surface area (Å²) >= 11 is 5.67. The molecule has 1 aliphatic carbocycles. The van der Waals surface area contributed by atoms with Crippen LogP contribution in [0.1, 0.15) is 25.7 Å². The summed E-state index contributed by atoms with van der Waals surface area (Å²) in [6, 6.07) is 2.35. The van der Waals surface area contributed by atoms with E-state index in [1.165, 1.54) is 6.07 Å². The van der Waals surface area contributed by atoms with Gasteiger partial charge in [-0.25, -0.2) is 8.78 Å². The molecule has 0 bridgehead atoms. The molecule has 1 aliphatic heterocycles. The maximum atomic E-state index is 13.8. The Labute approximate surface area is 116 Å². The second-order valence-corrected chi connectivity index (χ2v) is 5.93. The van der Waals surface area contributed by atoms with E-state index in [0.717, 1.165) is 44.8 Å². The summed E-state index contributed by atoms with van der Waals surface area (Å²) in [4.78, 5) is 0. The van der Waals surface area contributed by atoms with E-state index in [4.69, 9.17) is 16.3 Å². The molecule has 1 unspecified atom stereocenters. The molecule has 19 heavy (non-hydrogen) atoms. The number of rotatable bonds is 4. The number of hydrogen-bond acceptors (Lipinski definition) is 2. The zero-order valence-electron chi connectivity index (χ0n) is 10.5. The number of hydrogen-bond donors (Lipinski definition) is 1. The second kappa shape index (κ2) is 4.91. The van der Waals surface area contributed by atoms with Crippen molar-refractivity contribution < 1.29 is 13.5 Å². The van der Waals surface area contributed by atoms with Gasteiger partial charge in [0.15, 0.2) is 17.4 Å². The van der Waals surface area contributed by atoms with Gasteiger partial charge in [-0.1, -0.05) is 11.6 Å². The van der Waals surface area contributed by atoms with E-state index in [1.807, 2.05) is 0 Å². The lowest BCUT2D eigenvalue weighted by molar-refractivity contribution is 0.134. The molecular formula is C14H16ClF2NO. The predicted molar refractivity (Wildman–Crippen MR) is 69.6 cm³/mol. The number of ether oxygens (including phenoxy) is 1. The molecule has 5 heteroatoms. The molecule has 1 heterocycles. The Kier molecular flexibility index (Phi) is 3.39. The van der Waals surface area contributed by atoms with E-state index >= 15 is 0 Å². The molecule has 1 saturated carbocycles. The lowest BCUT2D eigenvalue weighted by Crippen LogP contribution is -2.24. The Balaban J connectivity index is 1.75. The highest BCUT2D eigenvalue weighted by atomic mass is 35.5. The second-order valence-electron chi connectivity index (χ2n) is 5.52. The van der Waals surface area contributed by atoms with Crippen LogP contribution in [-0.4, -0.2) is 18.7 Å². The lowest BCUT2D eigenvalue weighted by atomic mass is 9.99. The summed E-state index contributed by atoms with van der Waals surface area (Å²) in [5.74, 6) is -1.26. The smallest absolute Gasteiger partial charge is 0.192 e. The van der Waals surface area contributed by atoms with E-state index in [9.17, 15) is 8.78 Å². The minimum atomic E-state index is -0.794. The van der Waals surface area contributed by atoms with Crippen molar-refractivity contribution in [2.45, 2.75) is 31.3 Å². The first-order chi connectivity index (χ1) is 9.10. The van der Waals surface area contributed by atoms with Crippen molar-refractivity contribution in [3.8, 4) is 5.75 Å². The van der Waals surface area contributed by atoms with Crippen molar-refractivity contribution in [2.75, 3.05) is 13.1 Å². The average molecular weight is 288 g/mol. The molecule has 2 fully saturated rings. The van der Waals surface area contributed by atoms with Crippen molar-refractivity contribution in [1.29, 1.82) is 0 Å². The fraction of sp³-hybridized carbons (Fsp3) is 0.571. The van der Waals surface area contributed by atoms with Crippen LogP contribution in [0.4, 0.5) is 8.78 Å². The minimum absolute atomic E-state index is 0.102. The molecule has 2 aliphatic rings. The molecule has 104 valence electrons. The normalized spacial score (nSPS) is 24.5. The molecule has 0 amide bonds. The van der Waals surface area contributed by atoms with Crippen LogP contribution < -0.4 is 10.1 Å². The Morgan fingerprint density at radius 2 is 2.16 bits per heavy atom. The standard InChI is InChI=1S/C14H16ClF2NO/c15-10-1-2-11(16)13(12(10)17)19-14(4-5-14)7-9-3-6-18-8-9/h1-2,9,18H,3-8H2. The maximum Gasteiger partial charge on any atom is 0.192 e. The van der Waals surface area contributed by atoms with Crippen molar-refractivity contribution >= 4 is 11.6 Å². The first-order valence-electron chi connectivity index (χ1n) is 6.63. The van der Waals surface area contributed by atoms with Gasteiger partial charge in [0.05, 0.1) is 5.02 Å². The van der Waals surface area contributed by atoms with Gasteiger partial charge in [0.25, 0.3) is 0 Å². The molecule has 1 atom stereocenters. The quantitative estimate of drug-likeness (QED) is 0.856. The van der Waals surface area contributed by atoms with Crippen molar-refractivity contribution in [1.82, 2.24) is 5.32 Å². The van der Waals surface area contributed by atoms with Crippen LogP contribution in [0.15, 0.2) is 12.1 Å². The molecule has 0 radical (unpaired) electrons. The summed E-state index contributed by atoms with van der Waals surface area (Å²) in [5.41, 5.74) is -0.386. The summed E-state index contributed by atoms with van der Waals surface area (Å²) < 4.78 is 33.1. The van der Waals surface area contributed by atoms with Crippen molar-refractivity contribution in [2.24, 2.45) is 5.92 Å². The Hall–Kier alpha value is -0.870. The topological polar surface area (TPSA) is 21.3 Å². The third-order valence-corrected chi connectivity index (χ3v) is 4.24. The molecule has 3 rings (SSSR count).